The molecular weight excluding hydrogens is 248 g/mol. The van der Waals surface area contributed by atoms with Gasteiger partial charge in [0.05, 0.1) is 12.2 Å². The Kier molecular flexibility index (Phi) is 5.19. The first-order chi connectivity index (χ1) is 9.50. The van der Waals surface area contributed by atoms with Crippen LogP contribution in [0.5, 0.6) is 0 Å². The first-order valence-electron chi connectivity index (χ1n) is 7.66. The second-order valence-electron chi connectivity index (χ2n) is 6.36. The summed E-state index contributed by atoms with van der Waals surface area (Å²) in [4.78, 5) is 2.51. The van der Waals surface area contributed by atoms with Gasteiger partial charge >= 0.3 is 0 Å². The summed E-state index contributed by atoms with van der Waals surface area (Å²) in [5.41, 5.74) is 2.67. The fourth-order valence-electron chi connectivity index (χ4n) is 2.86. The lowest BCUT2D eigenvalue weighted by atomic mass is 10.0. The van der Waals surface area contributed by atoms with Crippen molar-refractivity contribution in [2.45, 2.75) is 39.3 Å². The highest BCUT2D eigenvalue weighted by atomic mass is 16.5. The maximum absolute atomic E-state index is 5.80. The molecule has 1 aromatic carbocycles. The van der Waals surface area contributed by atoms with E-state index in [1.54, 1.807) is 0 Å². The van der Waals surface area contributed by atoms with Crippen molar-refractivity contribution in [2.75, 3.05) is 32.8 Å². The smallest absolute Gasteiger partial charge is 0.0753 e. The Morgan fingerprint density at radius 2 is 2.00 bits per heavy atom. The summed E-state index contributed by atoms with van der Waals surface area (Å²) < 4.78 is 5.80. The third kappa shape index (κ3) is 4.30. The van der Waals surface area contributed by atoms with E-state index < -0.39 is 0 Å². The Hall–Kier alpha value is -0.900. The Labute approximate surface area is 123 Å². The molecule has 0 aromatic heterocycles. The molecular formula is C17H28N2O. The van der Waals surface area contributed by atoms with Gasteiger partial charge in [-0.1, -0.05) is 36.8 Å². The summed E-state index contributed by atoms with van der Waals surface area (Å²) in [7, 11) is 0. The zero-order valence-electron chi connectivity index (χ0n) is 13.3. The quantitative estimate of drug-likeness (QED) is 0.895. The van der Waals surface area contributed by atoms with Crippen LogP contribution < -0.4 is 5.32 Å². The number of morpholine rings is 1. The van der Waals surface area contributed by atoms with E-state index >= 15 is 0 Å². The summed E-state index contributed by atoms with van der Waals surface area (Å²) in [6.07, 6.45) is 0. The molecule has 2 rings (SSSR count). The Morgan fingerprint density at radius 3 is 2.60 bits per heavy atom. The van der Waals surface area contributed by atoms with Crippen molar-refractivity contribution in [2.24, 2.45) is 0 Å². The molecule has 0 amide bonds. The topological polar surface area (TPSA) is 24.5 Å². The molecule has 1 saturated heterocycles. The molecule has 3 heteroatoms. The van der Waals surface area contributed by atoms with Gasteiger partial charge < -0.3 is 10.1 Å². The van der Waals surface area contributed by atoms with Gasteiger partial charge in [0.1, 0.15) is 0 Å². The van der Waals surface area contributed by atoms with Crippen LogP contribution in [-0.2, 0) is 4.74 Å². The lowest BCUT2D eigenvalue weighted by Gasteiger charge is -2.39. The average molecular weight is 276 g/mol. The molecule has 1 unspecified atom stereocenters. The van der Waals surface area contributed by atoms with Crippen molar-refractivity contribution in [1.82, 2.24) is 10.2 Å². The molecule has 0 spiro atoms. The van der Waals surface area contributed by atoms with Gasteiger partial charge in [-0.25, -0.2) is 0 Å². The molecule has 0 aliphatic carbocycles. The Morgan fingerprint density at radius 1 is 1.30 bits per heavy atom. The van der Waals surface area contributed by atoms with Crippen molar-refractivity contribution in [3.8, 4) is 0 Å². The third-order valence-electron chi connectivity index (χ3n) is 3.88. The number of nitrogens with one attached hydrogen (secondary N) is 1. The fraction of sp³-hybridized carbons (Fsp3) is 0.647. The predicted molar refractivity (Wildman–Crippen MR) is 84.1 cm³/mol. The fourth-order valence-corrected chi connectivity index (χ4v) is 2.86. The molecule has 1 heterocycles. The average Bonchev–Trinajstić information content (AvgIpc) is 2.38. The number of nitrogens with zero attached hydrogens (tertiary/aromatic N) is 1. The van der Waals surface area contributed by atoms with Crippen molar-refractivity contribution in [3.63, 3.8) is 0 Å². The zero-order chi connectivity index (χ0) is 14.6. The summed E-state index contributed by atoms with van der Waals surface area (Å²) in [5, 5.41) is 3.61. The molecule has 1 fully saturated rings. The second-order valence-corrected chi connectivity index (χ2v) is 6.36. The van der Waals surface area contributed by atoms with Crippen LogP contribution in [0.15, 0.2) is 24.3 Å². The predicted octanol–water partition coefficient (Wildman–Crippen LogP) is 2.76. The highest BCUT2D eigenvalue weighted by molar-refractivity contribution is 5.24. The summed E-state index contributed by atoms with van der Waals surface area (Å²) in [6.45, 7) is 13.6. The van der Waals surface area contributed by atoms with Crippen LogP contribution in [0.3, 0.4) is 0 Å². The molecule has 0 radical (unpaired) electrons. The normalized spacial score (nSPS) is 20.8. The highest BCUT2D eigenvalue weighted by Gasteiger charge is 2.28. The van der Waals surface area contributed by atoms with Crippen LogP contribution in [0.2, 0.25) is 0 Å². The van der Waals surface area contributed by atoms with E-state index in [4.69, 9.17) is 4.74 Å². The van der Waals surface area contributed by atoms with Crippen LogP contribution in [0.25, 0.3) is 0 Å². The number of benzene rings is 1. The lowest BCUT2D eigenvalue weighted by molar-refractivity contribution is -0.0876. The third-order valence-corrected chi connectivity index (χ3v) is 3.88. The van der Waals surface area contributed by atoms with Crippen LogP contribution in [-0.4, -0.2) is 43.3 Å². The minimum atomic E-state index is -0.0255. The SMILES string of the molecule is CCNC(CN1CCOC(C)(C)C1)c1ccc(C)cc1. The Bertz CT molecular complexity index is 414. The van der Waals surface area contributed by atoms with E-state index in [1.165, 1.54) is 11.1 Å². The largest absolute Gasteiger partial charge is 0.373 e. The van der Waals surface area contributed by atoms with Crippen molar-refractivity contribution in [3.05, 3.63) is 35.4 Å². The van der Waals surface area contributed by atoms with E-state index in [2.05, 4.69) is 62.2 Å². The van der Waals surface area contributed by atoms with Gasteiger partial charge in [-0.2, -0.15) is 0 Å². The van der Waals surface area contributed by atoms with Gasteiger partial charge in [0, 0.05) is 25.7 Å². The molecule has 1 N–H and O–H groups in total. The lowest BCUT2D eigenvalue weighted by Crippen LogP contribution is -2.50. The van der Waals surface area contributed by atoms with E-state index in [0.29, 0.717) is 6.04 Å². The number of rotatable bonds is 5. The number of likely N-dealkylation sites (N-methyl/N-ethyl adjacent to an activating group) is 1. The van der Waals surface area contributed by atoms with Gasteiger partial charge in [-0.15, -0.1) is 0 Å². The van der Waals surface area contributed by atoms with E-state index in [-0.39, 0.29) is 5.60 Å². The molecule has 3 nitrogen and oxygen atoms in total. The molecule has 112 valence electrons. The highest BCUT2D eigenvalue weighted by Crippen LogP contribution is 2.20. The summed E-state index contributed by atoms with van der Waals surface area (Å²) in [6, 6.07) is 9.28. The van der Waals surface area contributed by atoms with Crippen molar-refractivity contribution in [1.29, 1.82) is 0 Å². The maximum atomic E-state index is 5.80. The number of ether oxygens (including phenoxy) is 1. The number of hydrogen-bond donors (Lipinski definition) is 1. The number of hydrogen-bond acceptors (Lipinski definition) is 3. The molecule has 1 atom stereocenters. The van der Waals surface area contributed by atoms with E-state index in [9.17, 15) is 0 Å². The minimum Gasteiger partial charge on any atom is -0.373 e. The first-order valence-corrected chi connectivity index (χ1v) is 7.66. The van der Waals surface area contributed by atoms with Crippen LogP contribution in [0.4, 0.5) is 0 Å². The van der Waals surface area contributed by atoms with Crippen LogP contribution >= 0.6 is 0 Å². The monoisotopic (exact) mass is 276 g/mol. The maximum Gasteiger partial charge on any atom is 0.0753 e. The Balaban J connectivity index is 2.03. The van der Waals surface area contributed by atoms with Gasteiger partial charge in [-0.05, 0) is 32.9 Å². The number of aryl methyl sites for hydroxylation is 1. The van der Waals surface area contributed by atoms with Gasteiger partial charge in [0.25, 0.3) is 0 Å². The van der Waals surface area contributed by atoms with Crippen molar-refractivity contribution >= 4 is 0 Å². The molecule has 0 saturated carbocycles. The van der Waals surface area contributed by atoms with Crippen LogP contribution in [0, 0.1) is 6.92 Å². The first kappa shape index (κ1) is 15.5. The second kappa shape index (κ2) is 6.70. The van der Waals surface area contributed by atoms with Gasteiger partial charge in [0.2, 0.25) is 0 Å². The van der Waals surface area contributed by atoms with E-state index in [1.807, 2.05) is 0 Å². The molecule has 1 aromatic rings. The summed E-state index contributed by atoms with van der Waals surface area (Å²) >= 11 is 0. The minimum absolute atomic E-state index is 0.0255. The van der Waals surface area contributed by atoms with Crippen molar-refractivity contribution < 1.29 is 4.74 Å². The van der Waals surface area contributed by atoms with Gasteiger partial charge in [0.15, 0.2) is 0 Å². The molecule has 1 aliphatic rings. The zero-order valence-corrected chi connectivity index (χ0v) is 13.3. The molecule has 1 aliphatic heterocycles. The standard InChI is InChI=1S/C17H28N2O/c1-5-18-16(15-8-6-14(2)7-9-15)12-19-10-11-20-17(3,4)13-19/h6-9,16,18H,5,10-13H2,1-4H3. The van der Waals surface area contributed by atoms with E-state index in [0.717, 1.165) is 32.8 Å². The van der Waals surface area contributed by atoms with Crippen LogP contribution in [0.1, 0.15) is 37.9 Å². The van der Waals surface area contributed by atoms with Gasteiger partial charge in [-0.3, -0.25) is 4.90 Å². The molecule has 0 bridgehead atoms. The summed E-state index contributed by atoms with van der Waals surface area (Å²) in [5.74, 6) is 0. The molecule has 20 heavy (non-hydrogen) atoms.